The Morgan fingerprint density at radius 1 is 1.16 bits per heavy atom. The van der Waals surface area contributed by atoms with Gasteiger partial charge in [-0.2, -0.15) is 0 Å². The summed E-state index contributed by atoms with van der Waals surface area (Å²) in [6.45, 7) is 2.74. The van der Waals surface area contributed by atoms with Crippen LogP contribution in [0.15, 0.2) is 42.5 Å². The van der Waals surface area contributed by atoms with Gasteiger partial charge in [-0.25, -0.2) is 4.79 Å². The predicted octanol–water partition coefficient (Wildman–Crippen LogP) is 3.36. The smallest absolute Gasteiger partial charge is 0.340 e. The zero-order valence-electron chi connectivity index (χ0n) is 17.3. The molecule has 31 heavy (non-hydrogen) atoms. The highest BCUT2D eigenvalue weighted by molar-refractivity contribution is 6.06. The molecule has 0 aromatic heterocycles. The fourth-order valence-electron chi connectivity index (χ4n) is 3.58. The summed E-state index contributed by atoms with van der Waals surface area (Å²) < 4.78 is 15.9. The molecule has 0 spiro atoms. The molecule has 2 heterocycles. The third-order valence-electron chi connectivity index (χ3n) is 5.30. The Labute approximate surface area is 180 Å². The molecule has 8 nitrogen and oxygen atoms in total. The molecule has 2 aliphatic heterocycles. The van der Waals surface area contributed by atoms with E-state index in [0.29, 0.717) is 35.0 Å². The second kappa shape index (κ2) is 9.07. The number of esters is 1. The van der Waals surface area contributed by atoms with Crippen LogP contribution in [0.2, 0.25) is 0 Å². The number of nitrogens with one attached hydrogen (secondary N) is 1. The maximum absolute atomic E-state index is 12.9. The summed E-state index contributed by atoms with van der Waals surface area (Å²) in [5.41, 5.74) is 1.33. The number of rotatable bonds is 7. The summed E-state index contributed by atoms with van der Waals surface area (Å²) >= 11 is 0. The summed E-state index contributed by atoms with van der Waals surface area (Å²) in [5.74, 6) is -0.270. The third kappa shape index (κ3) is 4.47. The lowest BCUT2D eigenvalue weighted by Crippen LogP contribution is -2.28. The molecule has 162 valence electrons. The van der Waals surface area contributed by atoms with Crippen molar-refractivity contribution in [1.82, 2.24) is 0 Å². The van der Waals surface area contributed by atoms with Crippen LogP contribution in [-0.2, 0) is 14.3 Å². The quantitative estimate of drug-likeness (QED) is 0.541. The van der Waals surface area contributed by atoms with Gasteiger partial charge in [0.05, 0.1) is 23.8 Å². The molecule has 1 saturated heterocycles. The summed E-state index contributed by atoms with van der Waals surface area (Å²) in [7, 11) is 0. The van der Waals surface area contributed by atoms with Gasteiger partial charge in [-0.05, 0) is 30.7 Å². The van der Waals surface area contributed by atoms with E-state index >= 15 is 0 Å². The van der Waals surface area contributed by atoms with Crippen molar-refractivity contribution in [2.45, 2.75) is 26.2 Å². The average Bonchev–Trinajstić information content (AvgIpc) is 3.40. The van der Waals surface area contributed by atoms with Crippen LogP contribution in [-0.4, -0.2) is 37.7 Å². The lowest BCUT2D eigenvalue weighted by molar-refractivity contribution is -0.122. The number of hydrogen-bond donors (Lipinski definition) is 1. The number of nitrogens with zero attached hydrogens (tertiary/aromatic N) is 1. The average molecular weight is 424 g/mol. The van der Waals surface area contributed by atoms with E-state index in [0.717, 1.165) is 12.8 Å². The first-order valence-corrected chi connectivity index (χ1v) is 10.3. The number of para-hydroxylation sites is 1. The highest BCUT2D eigenvalue weighted by atomic mass is 16.7. The molecule has 0 bridgehead atoms. The van der Waals surface area contributed by atoms with Crippen molar-refractivity contribution in [3.05, 3.63) is 48.0 Å². The van der Waals surface area contributed by atoms with Crippen molar-refractivity contribution in [1.29, 1.82) is 0 Å². The van der Waals surface area contributed by atoms with Crippen molar-refractivity contribution in [3.8, 4) is 11.5 Å². The Hall–Kier alpha value is -3.55. The SMILES string of the molecule is CCCCOC(=O)c1ccccc1NC(=O)C1CC(=O)N(c2ccc3c(c2)OCO3)C1. The van der Waals surface area contributed by atoms with Crippen molar-refractivity contribution in [3.63, 3.8) is 0 Å². The van der Waals surface area contributed by atoms with E-state index < -0.39 is 11.9 Å². The molecule has 1 fully saturated rings. The zero-order chi connectivity index (χ0) is 21.8. The van der Waals surface area contributed by atoms with Gasteiger partial charge in [0.1, 0.15) is 0 Å². The minimum atomic E-state index is -0.540. The molecule has 2 aliphatic rings. The number of amides is 2. The minimum Gasteiger partial charge on any atom is -0.462 e. The molecule has 1 N–H and O–H groups in total. The first kappa shape index (κ1) is 20.7. The van der Waals surface area contributed by atoms with Gasteiger partial charge in [0.25, 0.3) is 0 Å². The minimum absolute atomic E-state index is 0.0867. The van der Waals surface area contributed by atoms with E-state index in [2.05, 4.69) is 5.32 Å². The van der Waals surface area contributed by atoms with Crippen molar-refractivity contribution >= 4 is 29.2 Å². The fourth-order valence-corrected chi connectivity index (χ4v) is 3.58. The number of anilines is 2. The highest BCUT2D eigenvalue weighted by Gasteiger charge is 2.36. The number of unbranched alkanes of at least 4 members (excludes halogenated alkanes) is 1. The summed E-state index contributed by atoms with van der Waals surface area (Å²) in [5, 5.41) is 2.79. The van der Waals surface area contributed by atoms with Crippen LogP contribution in [0.4, 0.5) is 11.4 Å². The van der Waals surface area contributed by atoms with Gasteiger partial charge >= 0.3 is 5.97 Å². The number of carbonyl (C=O) groups is 3. The molecule has 4 rings (SSSR count). The van der Waals surface area contributed by atoms with E-state index in [4.69, 9.17) is 14.2 Å². The van der Waals surface area contributed by atoms with E-state index in [1.54, 1.807) is 47.4 Å². The fraction of sp³-hybridized carbons (Fsp3) is 0.348. The lowest BCUT2D eigenvalue weighted by Gasteiger charge is -2.17. The molecule has 8 heteroatoms. The first-order valence-electron chi connectivity index (χ1n) is 10.3. The Bertz CT molecular complexity index is 1010. The van der Waals surface area contributed by atoms with E-state index in [1.165, 1.54) is 0 Å². The van der Waals surface area contributed by atoms with Gasteiger partial charge in [0, 0.05) is 24.7 Å². The van der Waals surface area contributed by atoms with Gasteiger partial charge in [-0.1, -0.05) is 25.5 Å². The third-order valence-corrected chi connectivity index (χ3v) is 5.30. The van der Waals surface area contributed by atoms with E-state index in [-0.39, 0.29) is 31.6 Å². The molecule has 2 amide bonds. The lowest BCUT2D eigenvalue weighted by atomic mass is 10.1. The molecular formula is C23H24N2O6. The Morgan fingerprint density at radius 2 is 1.97 bits per heavy atom. The Morgan fingerprint density at radius 3 is 2.81 bits per heavy atom. The Balaban J connectivity index is 1.43. The number of fused-ring (bicyclic) bond motifs is 1. The van der Waals surface area contributed by atoms with Gasteiger partial charge in [-0.3, -0.25) is 9.59 Å². The van der Waals surface area contributed by atoms with Gasteiger partial charge in [0.2, 0.25) is 18.6 Å². The molecule has 2 aromatic rings. The number of hydrogen-bond acceptors (Lipinski definition) is 6. The maximum Gasteiger partial charge on any atom is 0.340 e. The molecule has 1 atom stereocenters. The zero-order valence-corrected chi connectivity index (χ0v) is 17.3. The number of carbonyl (C=O) groups excluding carboxylic acids is 3. The number of ether oxygens (including phenoxy) is 3. The van der Waals surface area contributed by atoms with Gasteiger partial charge in [-0.15, -0.1) is 0 Å². The summed E-state index contributed by atoms with van der Waals surface area (Å²) in [6.07, 6.45) is 1.78. The molecule has 0 radical (unpaired) electrons. The normalized spacial score (nSPS) is 17.0. The molecule has 0 saturated carbocycles. The molecular weight excluding hydrogens is 400 g/mol. The second-order valence-electron chi connectivity index (χ2n) is 7.47. The van der Waals surface area contributed by atoms with Gasteiger partial charge < -0.3 is 24.4 Å². The molecule has 0 aliphatic carbocycles. The topological polar surface area (TPSA) is 94.2 Å². The van der Waals surface area contributed by atoms with Crippen LogP contribution in [0.1, 0.15) is 36.5 Å². The van der Waals surface area contributed by atoms with E-state index in [1.807, 2.05) is 6.92 Å². The van der Waals surface area contributed by atoms with Gasteiger partial charge in [0.15, 0.2) is 11.5 Å². The van der Waals surface area contributed by atoms with Crippen molar-refractivity contribution in [2.75, 3.05) is 30.2 Å². The van der Waals surface area contributed by atoms with Crippen LogP contribution in [0.25, 0.3) is 0 Å². The van der Waals surface area contributed by atoms with Crippen molar-refractivity contribution < 1.29 is 28.6 Å². The molecule has 2 aromatic carbocycles. The predicted molar refractivity (Wildman–Crippen MR) is 113 cm³/mol. The van der Waals surface area contributed by atoms with Crippen LogP contribution in [0.3, 0.4) is 0 Å². The van der Waals surface area contributed by atoms with E-state index in [9.17, 15) is 14.4 Å². The maximum atomic E-state index is 12.9. The van der Waals surface area contributed by atoms with Crippen LogP contribution < -0.4 is 19.7 Å². The largest absolute Gasteiger partial charge is 0.462 e. The standard InChI is InChI=1S/C23H24N2O6/c1-2-3-10-29-23(28)17-6-4-5-7-18(17)24-22(27)15-11-21(26)25(13-15)16-8-9-19-20(12-16)31-14-30-19/h4-9,12,15H,2-3,10-11,13-14H2,1H3,(H,24,27). The van der Waals surface area contributed by atoms with Crippen molar-refractivity contribution in [2.24, 2.45) is 5.92 Å². The van der Waals surface area contributed by atoms with Crippen LogP contribution >= 0.6 is 0 Å². The summed E-state index contributed by atoms with van der Waals surface area (Å²) in [6, 6.07) is 12.0. The number of benzene rings is 2. The monoisotopic (exact) mass is 424 g/mol. The van der Waals surface area contributed by atoms with Crippen LogP contribution in [0, 0.1) is 5.92 Å². The highest BCUT2D eigenvalue weighted by Crippen LogP contribution is 2.37. The summed E-state index contributed by atoms with van der Waals surface area (Å²) in [4.78, 5) is 39.4. The van der Waals surface area contributed by atoms with Crippen LogP contribution in [0.5, 0.6) is 11.5 Å². The molecule has 1 unspecified atom stereocenters. The first-order chi connectivity index (χ1) is 15.1. The second-order valence-corrected chi connectivity index (χ2v) is 7.47. The Kier molecular flexibility index (Phi) is 6.06.